The highest BCUT2D eigenvalue weighted by molar-refractivity contribution is 5.69. The van der Waals surface area contributed by atoms with Crippen LogP contribution < -0.4 is 0 Å². The van der Waals surface area contributed by atoms with Gasteiger partial charge in [-0.15, -0.1) is 0 Å². The normalized spacial score (nSPS) is 10.9. The van der Waals surface area contributed by atoms with Crippen LogP contribution in [0.1, 0.15) is 16.8 Å². The zero-order chi connectivity index (χ0) is 15.0. The van der Waals surface area contributed by atoms with E-state index < -0.39 is 0 Å². The molecule has 0 amide bonds. The van der Waals surface area contributed by atoms with Gasteiger partial charge in [-0.25, -0.2) is 0 Å². The molecule has 0 atom stereocenters. The summed E-state index contributed by atoms with van der Waals surface area (Å²) in [4.78, 5) is 0. The second kappa shape index (κ2) is 5.21. The Labute approximate surface area is 126 Å². The zero-order valence-electron chi connectivity index (χ0n) is 13.0. The predicted molar refractivity (Wildman–Crippen MR) is 88.3 cm³/mol. The number of rotatable bonds is 2. The van der Waals surface area contributed by atoms with Crippen molar-refractivity contribution >= 4 is 0 Å². The molecular formula is C19H20N2. The van der Waals surface area contributed by atoms with Crippen molar-refractivity contribution in [3.63, 3.8) is 0 Å². The van der Waals surface area contributed by atoms with E-state index in [9.17, 15) is 0 Å². The Hall–Kier alpha value is -2.35. The van der Waals surface area contributed by atoms with Gasteiger partial charge >= 0.3 is 0 Å². The number of aryl methyl sites for hydroxylation is 4. The maximum atomic E-state index is 4.53. The summed E-state index contributed by atoms with van der Waals surface area (Å²) in [6.45, 7) is 6.37. The van der Waals surface area contributed by atoms with E-state index in [2.05, 4.69) is 74.4 Å². The molecule has 0 saturated heterocycles. The summed E-state index contributed by atoms with van der Waals surface area (Å²) in [5.41, 5.74) is 8.53. The summed E-state index contributed by atoms with van der Waals surface area (Å²) in [6, 6.07) is 17.4. The average molecular weight is 276 g/mol. The van der Waals surface area contributed by atoms with E-state index in [1.807, 2.05) is 11.7 Å². The van der Waals surface area contributed by atoms with Gasteiger partial charge in [0.2, 0.25) is 0 Å². The largest absolute Gasteiger partial charge is 0.272 e. The monoisotopic (exact) mass is 276 g/mol. The highest BCUT2D eigenvalue weighted by Crippen LogP contribution is 2.25. The van der Waals surface area contributed by atoms with Gasteiger partial charge in [-0.1, -0.05) is 42.5 Å². The molecule has 0 aliphatic carbocycles. The fourth-order valence-electron chi connectivity index (χ4n) is 2.46. The summed E-state index contributed by atoms with van der Waals surface area (Å²) in [5.74, 6) is 0. The number of nitrogens with zero attached hydrogens (tertiary/aromatic N) is 2. The minimum Gasteiger partial charge on any atom is -0.272 e. The van der Waals surface area contributed by atoms with E-state index in [1.165, 1.54) is 27.9 Å². The summed E-state index contributed by atoms with van der Waals surface area (Å²) in [5, 5.41) is 4.53. The van der Waals surface area contributed by atoms with Gasteiger partial charge in [0.1, 0.15) is 0 Å². The topological polar surface area (TPSA) is 17.8 Å². The summed E-state index contributed by atoms with van der Waals surface area (Å²) in [6.07, 6.45) is 0. The van der Waals surface area contributed by atoms with Crippen LogP contribution in [0.2, 0.25) is 0 Å². The highest BCUT2D eigenvalue weighted by Gasteiger charge is 2.05. The second-order valence-corrected chi connectivity index (χ2v) is 5.67. The van der Waals surface area contributed by atoms with E-state index in [1.54, 1.807) is 0 Å². The molecular weight excluding hydrogens is 256 g/mol. The van der Waals surface area contributed by atoms with Crippen LogP contribution in [0.25, 0.3) is 22.4 Å². The Morgan fingerprint density at radius 3 is 1.90 bits per heavy atom. The molecule has 2 heteroatoms. The van der Waals surface area contributed by atoms with Gasteiger partial charge in [0.25, 0.3) is 0 Å². The third-order valence-electron chi connectivity index (χ3n) is 4.13. The fourth-order valence-corrected chi connectivity index (χ4v) is 2.46. The van der Waals surface area contributed by atoms with Crippen LogP contribution in [0.4, 0.5) is 0 Å². The maximum absolute atomic E-state index is 4.53. The molecule has 3 aromatic rings. The van der Waals surface area contributed by atoms with Crippen molar-refractivity contribution in [3.8, 4) is 22.4 Å². The summed E-state index contributed by atoms with van der Waals surface area (Å²) < 4.78 is 1.91. The molecule has 0 fully saturated rings. The molecule has 2 aromatic carbocycles. The van der Waals surface area contributed by atoms with Crippen LogP contribution in [-0.4, -0.2) is 9.78 Å². The molecule has 0 unspecified atom stereocenters. The molecule has 2 nitrogen and oxygen atoms in total. The smallest absolute Gasteiger partial charge is 0.0925 e. The molecule has 1 heterocycles. The first-order chi connectivity index (χ1) is 10.0. The average Bonchev–Trinajstić information content (AvgIpc) is 2.82. The zero-order valence-corrected chi connectivity index (χ0v) is 13.0. The van der Waals surface area contributed by atoms with Crippen molar-refractivity contribution in [2.24, 2.45) is 7.05 Å². The lowest BCUT2D eigenvalue weighted by Crippen LogP contribution is -1.92. The predicted octanol–water partition coefficient (Wildman–Crippen LogP) is 4.68. The van der Waals surface area contributed by atoms with Crippen molar-refractivity contribution in [1.82, 2.24) is 9.78 Å². The van der Waals surface area contributed by atoms with Crippen molar-refractivity contribution in [3.05, 3.63) is 65.4 Å². The Bertz CT molecular complexity index is 760. The van der Waals surface area contributed by atoms with Crippen LogP contribution >= 0.6 is 0 Å². The van der Waals surface area contributed by atoms with E-state index in [0.717, 1.165) is 11.3 Å². The minimum atomic E-state index is 1.03. The molecule has 106 valence electrons. The molecule has 0 N–H and O–H groups in total. The number of benzene rings is 2. The highest BCUT2D eigenvalue weighted by atomic mass is 15.3. The molecule has 0 bridgehead atoms. The van der Waals surface area contributed by atoms with Gasteiger partial charge in [0.05, 0.1) is 5.69 Å². The third-order valence-corrected chi connectivity index (χ3v) is 4.13. The van der Waals surface area contributed by atoms with Crippen molar-refractivity contribution in [2.75, 3.05) is 0 Å². The van der Waals surface area contributed by atoms with Crippen LogP contribution in [0.5, 0.6) is 0 Å². The van der Waals surface area contributed by atoms with E-state index in [-0.39, 0.29) is 0 Å². The Morgan fingerprint density at radius 1 is 0.714 bits per heavy atom. The standard InChI is InChI=1S/C19H20N2/c1-13-5-6-18(11-14(13)2)16-7-9-17(10-8-16)19-12-15(3)21(4)20-19/h5-12H,1-4H3. The van der Waals surface area contributed by atoms with E-state index >= 15 is 0 Å². The van der Waals surface area contributed by atoms with Gasteiger partial charge < -0.3 is 0 Å². The van der Waals surface area contributed by atoms with Gasteiger partial charge in [-0.05, 0) is 49.1 Å². The molecule has 3 rings (SSSR count). The van der Waals surface area contributed by atoms with Gasteiger partial charge in [0, 0.05) is 18.3 Å². The lowest BCUT2D eigenvalue weighted by molar-refractivity contribution is 0.743. The first-order valence-electron chi connectivity index (χ1n) is 7.23. The summed E-state index contributed by atoms with van der Waals surface area (Å²) >= 11 is 0. The van der Waals surface area contributed by atoms with Crippen LogP contribution in [0.15, 0.2) is 48.5 Å². The summed E-state index contributed by atoms with van der Waals surface area (Å²) in [7, 11) is 1.97. The van der Waals surface area contributed by atoms with Crippen LogP contribution in [-0.2, 0) is 7.05 Å². The van der Waals surface area contributed by atoms with Crippen molar-refractivity contribution in [1.29, 1.82) is 0 Å². The van der Waals surface area contributed by atoms with Gasteiger partial charge in [-0.2, -0.15) is 5.10 Å². The lowest BCUT2D eigenvalue weighted by atomic mass is 9.99. The fraction of sp³-hybridized carbons (Fsp3) is 0.211. The van der Waals surface area contributed by atoms with Gasteiger partial charge in [0.15, 0.2) is 0 Å². The van der Waals surface area contributed by atoms with Crippen molar-refractivity contribution in [2.45, 2.75) is 20.8 Å². The minimum absolute atomic E-state index is 1.03. The van der Waals surface area contributed by atoms with E-state index in [0.29, 0.717) is 0 Å². The lowest BCUT2D eigenvalue weighted by Gasteiger charge is -2.06. The van der Waals surface area contributed by atoms with E-state index in [4.69, 9.17) is 0 Å². The Morgan fingerprint density at radius 2 is 1.33 bits per heavy atom. The molecule has 0 radical (unpaired) electrons. The number of aromatic nitrogens is 2. The number of hydrogen-bond donors (Lipinski definition) is 0. The molecule has 21 heavy (non-hydrogen) atoms. The molecule has 1 aromatic heterocycles. The molecule has 0 aliphatic rings. The molecule has 0 spiro atoms. The Kier molecular flexibility index (Phi) is 3.38. The van der Waals surface area contributed by atoms with Crippen LogP contribution in [0.3, 0.4) is 0 Å². The Balaban J connectivity index is 1.95. The number of hydrogen-bond acceptors (Lipinski definition) is 1. The second-order valence-electron chi connectivity index (χ2n) is 5.67. The van der Waals surface area contributed by atoms with Crippen LogP contribution in [0, 0.1) is 20.8 Å². The third kappa shape index (κ3) is 2.62. The molecule has 0 aliphatic heterocycles. The quantitative estimate of drug-likeness (QED) is 0.664. The molecule has 0 saturated carbocycles. The van der Waals surface area contributed by atoms with Gasteiger partial charge in [-0.3, -0.25) is 4.68 Å². The maximum Gasteiger partial charge on any atom is 0.0925 e. The first-order valence-corrected chi connectivity index (χ1v) is 7.23. The van der Waals surface area contributed by atoms with Crippen molar-refractivity contribution < 1.29 is 0 Å². The SMILES string of the molecule is Cc1ccc(-c2ccc(-c3cc(C)n(C)n3)cc2)cc1C. The first kappa shape index (κ1) is 13.6.